The van der Waals surface area contributed by atoms with Gasteiger partial charge in [0.1, 0.15) is 17.9 Å². The fourth-order valence-corrected chi connectivity index (χ4v) is 2.98. The summed E-state index contributed by atoms with van der Waals surface area (Å²) >= 11 is 0. The zero-order valence-electron chi connectivity index (χ0n) is 17.7. The highest BCUT2D eigenvalue weighted by Crippen LogP contribution is 2.30. The lowest BCUT2D eigenvalue weighted by atomic mass is 10.1. The third-order valence-electron chi connectivity index (χ3n) is 4.48. The summed E-state index contributed by atoms with van der Waals surface area (Å²) < 4.78 is 16.2. The topological polar surface area (TPSA) is 94.2 Å². The second-order valence-electron chi connectivity index (χ2n) is 6.70. The van der Waals surface area contributed by atoms with E-state index in [1.165, 1.54) is 13.2 Å². The average molecular weight is 434 g/mol. The summed E-state index contributed by atoms with van der Waals surface area (Å²) in [5, 5.41) is 2.19. The highest BCUT2D eigenvalue weighted by Gasteiger charge is 2.36. The molecule has 0 spiro atoms. The number of nitrogens with one attached hydrogen (secondary N) is 1. The van der Waals surface area contributed by atoms with Crippen LogP contribution in [0.2, 0.25) is 0 Å². The third kappa shape index (κ3) is 4.90. The number of amides is 4. The summed E-state index contributed by atoms with van der Waals surface area (Å²) in [4.78, 5) is 38.7. The van der Waals surface area contributed by atoms with E-state index in [9.17, 15) is 14.4 Å². The molecule has 3 rings (SSSR count). The van der Waals surface area contributed by atoms with Crippen molar-refractivity contribution in [3.63, 3.8) is 0 Å². The summed E-state index contributed by atoms with van der Waals surface area (Å²) in [5.74, 6) is 2.26. The van der Waals surface area contributed by atoms with Crippen molar-refractivity contribution < 1.29 is 28.6 Å². The molecule has 1 aliphatic rings. The number of hydrogen-bond acceptors (Lipinski definition) is 6. The predicted molar refractivity (Wildman–Crippen MR) is 119 cm³/mol. The van der Waals surface area contributed by atoms with E-state index in [0.29, 0.717) is 35.1 Å². The highest BCUT2D eigenvalue weighted by atomic mass is 16.5. The first-order chi connectivity index (χ1) is 15.5. The molecule has 4 amide bonds. The number of barbiturate groups is 1. The summed E-state index contributed by atoms with van der Waals surface area (Å²) in [6.45, 7) is 2.61. The molecule has 0 bridgehead atoms. The average Bonchev–Trinajstić information content (AvgIpc) is 2.80. The number of rotatable bonds is 8. The monoisotopic (exact) mass is 434 g/mol. The van der Waals surface area contributed by atoms with Crippen LogP contribution in [0.25, 0.3) is 6.08 Å². The first kappa shape index (κ1) is 22.4. The molecule has 2 aromatic carbocycles. The molecule has 1 aliphatic heterocycles. The normalized spacial score (nSPS) is 14.7. The van der Waals surface area contributed by atoms with Crippen LogP contribution < -0.4 is 24.4 Å². The molecule has 1 saturated heterocycles. The predicted octanol–water partition coefficient (Wildman–Crippen LogP) is 3.16. The van der Waals surface area contributed by atoms with E-state index in [2.05, 4.69) is 11.2 Å². The van der Waals surface area contributed by atoms with Crippen LogP contribution in [-0.4, -0.2) is 38.2 Å². The Bertz CT molecular complexity index is 1100. The number of benzene rings is 2. The fourth-order valence-electron chi connectivity index (χ4n) is 2.98. The molecule has 164 valence electrons. The van der Waals surface area contributed by atoms with Crippen molar-refractivity contribution in [1.82, 2.24) is 5.32 Å². The minimum absolute atomic E-state index is 0.0665. The van der Waals surface area contributed by atoms with Crippen molar-refractivity contribution in [3.05, 3.63) is 53.6 Å². The molecule has 0 atom stereocenters. The summed E-state index contributed by atoms with van der Waals surface area (Å²) in [6.07, 6.45) is 7.44. The minimum Gasteiger partial charge on any atom is -0.494 e. The number of urea groups is 1. The van der Waals surface area contributed by atoms with Crippen LogP contribution in [0, 0.1) is 12.3 Å². The lowest BCUT2D eigenvalue weighted by molar-refractivity contribution is -0.122. The van der Waals surface area contributed by atoms with Gasteiger partial charge in [-0.25, -0.2) is 9.69 Å². The van der Waals surface area contributed by atoms with Gasteiger partial charge in [-0.05, 0) is 54.5 Å². The quantitative estimate of drug-likeness (QED) is 0.390. The Labute approximate surface area is 185 Å². The zero-order chi connectivity index (χ0) is 23.1. The van der Waals surface area contributed by atoms with E-state index < -0.39 is 17.8 Å². The van der Waals surface area contributed by atoms with E-state index in [1.807, 2.05) is 6.92 Å². The zero-order valence-corrected chi connectivity index (χ0v) is 17.7. The van der Waals surface area contributed by atoms with Gasteiger partial charge in [-0.3, -0.25) is 14.9 Å². The van der Waals surface area contributed by atoms with Crippen LogP contribution in [-0.2, 0) is 9.59 Å². The molecule has 1 fully saturated rings. The van der Waals surface area contributed by atoms with E-state index in [0.717, 1.165) is 11.3 Å². The van der Waals surface area contributed by atoms with Crippen molar-refractivity contribution in [3.8, 4) is 29.6 Å². The van der Waals surface area contributed by atoms with Gasteiger partial charge in [-0.15, -0.1) is 6.42 Å². The molecule has 1 heterocycles. The van der Waals surface area contributed by atoms with Crippen molar-refractivity contribution in [2.75, 3.05) is 25.2 Å². The number of nitrogens with zero attached hydrogens (tertiary/aromatic N) is 1. The van der Waals surface area contributed by atoms with Crippen molar-refractivity contribution in [2.45, 2.75) is 13.3 Å². The number of carbonyl (C=O) groups is 3. The number of terminal acetylenes is 1. The van der Waals surface area contributed by atoms with E-state index >= 15 is 0 Å². The molecule has 8 nitrogen and oxygen atoms in total. The first-order valence-corrected chi connectivity index (χ1v) is 9.87. The molecule has 0 radical (unpaired) electrons. The number of ether oxygens (including phenoxy) is 3. The Hall–Kier alpha value is -4.25. The van der Waals surface area contributed by atoms with Gasteiger partial charge >= 0.3 is 6.03 Å². The Kier molecular flexibility index (Phi) is 7.13. The van der Waals surface area contributed by atoms with Crippen LogP contribution in [0.1, 0.15) is 18.9 Å². The molecule has 32 heavy (non-hydrogen) atoms. The summed E-state index contributed by atoms with van der Waals surface area (Å²) in [6, 6.07) is 10.5. The minimum atomic E-state index is -0.824. The van der Waals surface area contributed by atoms with Crippen molar-refractivity contribution >= 4 is 29.6 Å². The van der Waals surface area contributed by atoms with Crippen LogP contribution in [0.15, 0.2) is 48.0 Å². The largest absolute Gasteiger partial charge is 0.494 e. The van der Waals surface area contributed by atoms with Crippen LogP contribution in [0.3, 0.4) is 0 Å². The number of anilines is 1. The van der Waals surface area contributed by atoms with Crippen LogP contribution in [0.4, 0.5) is 10.5 Å². The standard InChI is InChI=1S/C24H22N2O6/c1-4-12-31-18-9-7-17(8-10-18)26-23(28)19(22(27)25-24(26)29)14-16-6-11-20(32-13-5-2)21(15-16)30-3/h2,6-11,14-15H,4,12-13H2,1,3H3,(H,25,27,29)/b19-14-. The van der Waals surface area contributed by atoms with Crippen molar-refractivity contribution in [2.24, 2.45) is 0 Å². The van der Waals surface area contributed by atoms with E-state index in [-0.39, 0.29) is 12.2 Å². The Balaban J connectivity index is 1.89. The van der Waals surface area contributed by atoms with Gasteiger partial charge in [0.05, 0.1) is 19.4 Å². The lowest BCUT2D eigenvalue weighted by Gasteiger charge is -2.26. The number of carbonyl (C=O) groups excluding carboxylic acids is 3. The van der Waals surface area contributed by atoms with Gasteiger partial charge in [-0.1, -0.05) is 18.9 Å². The van der Waals surface area contributed by atoms with Crippen LogP contribution >= 0.6 is 0 Å². The summed E-state index contributed by atoms with van der Waals surface area (Å²) in [5.41, 5.74) is 0.617. The highest BCUT2D eigenvalue weighted by molar-refractivity contribution is 6.39. The number of hydrogen-bond donors (Lipinski definition) is 1. The molecule has 1 N–H and O–H groups in total. The summed E-state index contributed by atoms with van der Waals surface area (Å²) in [7, 11) is 1.46. The maximum Gasteiger partial charge on any atom is 0.335 e. The number of methoxy groups -OCH3 is 1. The van der Waals surface area contributed by atoms with E-state index in [1.54, 1.807) is 42.5 Å². The van der Waals surface area contributed by atoms with Crippen LogP contribution in [0.5, 0.6) is 17.2 Å². The molecule has 0 saturated carbocycles. The molecular weight excluding hydrogens is 412 g/mol. The van der Waals surface area contributed by atoms with Crippen molar-refractivity contribution in [1.29, 1.82) is 0 Å². The van der Waals surface area contributed by atoms with Gasteiger partial charge < -0.3 is 14.2 Å². The fraction of sp³-hybridized carbons (Fsp3) is 0.208. The van der Waals surface area contributed by atoms with Gasteiger partial charge in [0.25, 0.3) is 11.8 Å². The molecular formula is C24H22N2O6. The Morgan fingerprint density at radius 2 is 1.81 bits per heavy atom. The maximum atomic E-state index is 13.0. The molecule has 0 aromatic heterocycles. The molecule has 8 heteroatoms. The second kappa shape index (κ2) is 10.2. The number of imide groups is 2. The van der Waals surface area contributed by atoms with Gasteiger partial charge in [-0.2, -0.15) is 0 Å². The smallest absolute Gasteiger partial charge is 0.335 e. The molecule has 0 unspecified atom stereocenters. The first-order valence-electron chi connectivity index (χ1n) is 9.87. The van der Waals surface area contributed by atoms with Gasteiger partial charge in [0.2, 0.25) is 0 Å². The molecule has 2 aromatic rings. The molecule has 0 aliphatic carbocycles. The lowest BCUT2D eigenvalue weighted by Crippen LogP contribution is -2.54. The Morgan fingerprint density at radius 1 is 1.06 bits per heavy atom. The second-order valence-corrected chi connectivity index (χ2v) is 6.70. The Morgan fingerprint density at radius 3 is 2.47 bits per heavy atom. The maximum absolute atomic E-state index is 13.0. The SMILES string of the molecule is C#CCOc1ccc(/C=C2/C(=O)NC(=O)N(c3ccc(OCCC)cc3)C2=O)cc1OC. The van der Waals surface area contributed by atoms with Gasteiger partial charge in [0, 0.05) is 0 Å². The van der Waals surface area contributed by atoms with Gasteiger partial charge in [0.15, 0.2) is 11.5 Å². The third-order valence-corrected chi connectivity index (χ3v) is 4.48. The van der Waals surface area contributed by atoms with E-state index in [4.69, 9.17) is 20.6 Å².